The van der Waals surface area contributed by atoms with Crippen LogP contribution < -0.4 is 5.32 Å². The van der Waals surface area contributed by atoms with Crippen LogP contribution >= 0.6 is 27.5 Å². The van der Waals surface area contributed by atoms with Crippen molar-refractivity contribution in [3.63, 3.8) is 0 Å². The highest BCUT2D eigenvalue weighted by molar-refractivity contribution is 9.10. The number of anilines is 1. The quantitative estimate of drug-likeness (QED) is 0.779. The lowest BCUT2D eigenvalue weighted by molar-refractivity contribution is 0.603. The first-order chi connectivity index (χ1) is 10.4. The third-order valence-corrected chi connectivity index (χ3v) is 5.14. The fourth-order valence-electron chi connectivity index (χ4n) is 1.64. The minimum atomic E-state index is -3.88. The molecule has 0 aromatic heterocycles. The predicted octanol–water partition coefficient (Wildman–Crippen LogP) is 4.35. The number of halogens is 2. The van der Waals surface area contributed by atoms with E-state index in [4.69, 9.17) is 16.9 Å². The van der Waals surface area contributed by atoms with Crippen molar-refractivity contribution >= 4 is 43.1 Å². The maximum absolute atomic E-state index is 12.4. The first kappa shape index (κ1) is 16.6. The Morgan fingerprint density at radius 3 is 2.50 bits per heavy atom. The Hall–Kier alpha value is -1.81. The van der Waals surface area contributed by atoms with Crippen LogP contribution in [0.4, 0.5) is 5.69 Å². The van der Waals surface area contributed by atoms with Crippen LogP contribution in [-0.2, 0) is 9.84 Å². The molecule has 0 unspecified atom stereocenters. The van der Waals surface area contributed by atoms with E-state index < -0.39 is 9.84 Å². The molecule has 2 rings (SSSR count). The number of hydrogen-bond donors (Lipinski definition) is 1. The molecule has 0 fully saturated rings. The number of benzene rings is 2. The van der Waals surface area contributed by atoms with Crippen molar-refractivity contribution in [3.8, 4) is 6.07 Å². The van der Waals surface area contributed by atoms with Crippen molar-refractivity contribution in [3.05, 3.63) is 69.1 Å². The van der Waals surface area contributed by atoms with Gasteiger partial charge in [0, 0.05) is 21.4 Å². The highest BCUT2D eigenvalue weighted by Crippen LogP contribution is 2.22. The monoisotopic (exact) mass is 396 g/mol. The second-order valence-corrected chi connectivity index (χ2v) is 7.50. The van der Waals surface area contributed by atoms with Gasteiger partial charge in [-0.05, 0) is 42.5 Å². The van der Waals surface area contributed by atoms with Gasteiger partial charge in [0.25, 0.3) is 0 Å². The number of rotatable bonds is 4. The lowest BCUT2D eigenvalue weighted by Gasteiger charge is -2.05. The summed E-state index contributed by atoms with van der Waals surface area (Å²) in [5, 5.41) is 12.4. The van der Waals surface area contributed by atoms with Crippen LogP contribution in [0.2, 0.25) is 5.02 Å². The first-order valence-corrected chi connectivity index (χ1v) is 8.72. The van der Waals surface area contributed by atoms with Crippen molar-refractivity contribution in [1.82, 2.24) is 0 Å². The van der Waals surface area contributed by atoms with E-state index in [-0.39, 0.29) is 9.80 Å². The molecule has 0 aliphatic heterocycles. The summed E-state index contributed by atoms with van der Waals surface area (Å²) < 4.78 is 25.6. The molecule has 0 heterocycles. The minimum Gasteiger partial charge on any atom is -0.360 e. The predicted molar refractivity (Wildman–Crippen MR) is 90.1 cm³/mol. The van der Waals surface area contributed by atoms with Crippen molar-refractivity contribution in [2.45, 2.75) is 4.90 Å². The standard InChI is InChI=1S/C15H10BrClN2O2S/c16-11-2-1-3-13(8-11)19-10-15(9-18)22(20,21)14-6-4-12(17)5-7-14/h1-8,10,19H/b15-10+. The number of allylic oxidation sites excluding steroid dienone is 1. The molecule has 0 atom stereocenters. The zero-order valence-corrected chi connectivity index (χ0v) is 14.3. The summed E-state index contributed by atoms with van der Waals surface area (Å²) in [6, 6.07) is 14.5. The molecule has 2 aromatic rings. The lowest BCUT2D eigenvalue weighted by atomic mass is 10.3. The van der Waals surface area contributed by atoms with Gasteiger partial charge in [-0.2, -0.15) is 5.26 Å². The van der Waals surface area contributed by atoms with Gasteiger partial charge >= 0.3 is 0 Å². The van der Waals surface area contributed by atoms with Gasteiger partial charge in [-0.1, -0.05) is 33.6 Å². The highest BCUT2D eigenvalue weighted by atomic mass is 79.9. The number of sulfone groups is 1. The minimum absolute atomic E-state index is 0.0146. The summed E-state index contributed by atoms with van der Waals surface area (Å²) >= 11 is 9.05. The molecule has 0 spiro atoms. The lowest BCUT2D eigenvalue weighted by Crippen LogP contribution is -2.05. The number of nitriles is 1. The fourth-order valence-corrected chi connectivity index (χ4v) is 3.25. The van der Waals surface area contributed by atoms with E-state index in [9.17, 15) is 8.42 Å². The topological polar surface area (TPSA) is 70.0 Å². The average molecular weight is 398 g/mol. The summed E-state index contributed by atoms with van der Waals surface area (Å²) in [6.45, 7) is 0. The van der Waals surface area contributed by atoms with Crippen LogP contribution in [0.25, 0.3) is 0 Å². The van der Waals surface area contributed by atoms with Crippen LogP contribution in [0.1, 0.15) is 0 Å². The summed E-state index contributed by atoms with van der Waals surface area (Å²) in [7, 11) is -3.88. The molecule has 0 bridgehead atoms. The van der Waals surface area contributed by atoms with Crippen molar-refractivity contribution in [2.24, 2.45) is 0 Å². The molecule has 2 aromatic carbocycles. The van der Waals surface area contributed by atoms with Crippen LogP contribution in [0, 0.1) is 11.3 Å². The third kappa shape index (κ3) is 3.89. The van der Waals surface area contributed by atoms with Crippen LogP contribution in [0.15, 0.2) is 69.0 Å². The molecule has 0 saturated heterocycles. The van der Waals surface area contributed by atoms with Gasteiger partial charge in [-0.3, -0.25) is 0 Å². The second-order valence-electron chi connectivity index (χ2n) is 4.23. The normalized spacial score (nSPS) is 11.8. The largest absolute Gasteiger partial charge is 0.360 e. The average Bonchev–Trinajstić information content (AvgIpc) is 2.48. The van der Waals surface area contributed by atoms with Gasteiger partial charge in [0.2, 0.25) is 9.84 Å². The summed E-state index contributed by atoms with van der Waals surface area (Å²) in [5.74, 6) is 0. The molecular formula is C15H10BrClN2O2S. The zero-order chi connectivity index (χ0) is 16.2. The van der Waals surface area contributed by atoms with Crippen LogP contribution in [0.3, 0.4) is 0 Å². The van der Waals surface area contributed by atoms with Crippen LogP contribution in [-0.4, -0.2) is 8.42 Å². The third-order valence-electron chi connectivity index (χ3n) is 2.72. The Labute approximate surface area is 142 Å². The maximum Gasteiger partial charge on any atom is 0.218 e. The first-order valence-electron chi connectivity index (χ1n) is 6.06. The Morgan fingerprint density at radius 1 is 1.23 bits per heavy atom. The molecule has 0 radical (unpaired) electrons. The van der Waals surface area contributed by atoms with E-state index in [1.165, 1.54) is 30.5 Å². The van der Waals surface area contributed by atoms with Gasteiger partial charge in [0.15, 0.2) is 4.91 Å². The van der Waals surface area contributed by atoms with E-state index in [1.54, 1.807) is 24.3 Å². The number of nitrogens with one attached hydrogen (secondary N) is 1. The van der Waals surface area contributed by atoms with Gasteiger partial charge in [-0.15, -0.1) is 0 Å². The summed E-state index contributed by atoms with van der Waals surface area (Å²) in [4.78, 5) is -0.365. The summed E-state index contributed by atoms with van der Waals surface area (Å²) in [5.41, 5.74) is 0.661. The Balaban J connectivity index is 2.32. The molecule has 0 aliphatic carbocycles. The smallest absolute Gasteiger partial charge is 0.218 e. The van der Waals surface area contributed by atoms with E-state index in [1.807, 2.05) is 6.07 Å². The van der Waals surface area contributed by atoms with E-state index in [0.29, 0.717) is 10.7 Å². The molecule has 112 valence electrons. The van der Waals surface area contributed by atoms with Crippen molar-refractivity contribution in [1.29, 1.82) is 5.26 Å². The van der Waals surface area contributed by atoms with Crippen molar-refractivity contribution in [2.75, 3.05) is 5.32 Å². The Morgan fingerprint density at radius 2 is 1.91 bits per heavy atom. The fraction of sp³-hybridized carbons (Fsp3) is 0. The second kappa shape index (κ2) is 6.97. The van der Waals surface area contributed by atoms with E-state index in [0.717, 1.165) is 4.47 Å². The number of hydrogen-bond acceptors (Lipinski definition) is 4. The molecule has 0 amide bonds. The van der Waals surface area contributed by atoms with Crippen LogP contribution in [0.5, 0.6) is 0 Å². The molecule has 4 nitrogen and oxygen atoms in total. The van der Waals surface area contributed by atoms with Crippen molar-refractivity contribution < 1.29 is 8.42 Å². The van der Waals surface area contributed by atoms with Gasteiger partial charge in [0.1, 0.15) is 6.07 Å². The number of nitrogens with zero attached hydrogens (tertiary/aromatic N) is 1. The maximum atomic E-state index is 12.4. The Kier molecular flexibility index (Phi) is 5.24. The molecule has 0 saturated carbocycles. The molecular weight excluding hydrogens is 388 g/mol. The van der Waals surface area contributed by atoms with E-state index in [2.05, 4.69) is 21.2 Å². The Bertz CT molecular complexity index is 856. The highest BCUT2D eigenvalue weighted by Gasteiger charge is 2.20. The summed E-state index contributed by atoms with van der Waals surface area (Å²) in [6.07, 6.45) is 1.17. The molecule has 0 aliphatic rings. The zero-order valence-electron chi connectivity index (χ0n) is 11.1. The SMILES string of the molecule is N#C/C(=C\Nc1cccc(Br)c1)S(=O)(=O)c1ccc(Cl)cc1. The van der Waals surface area contributed by atoms with Gasteiger partial charge in [-0.25, -0.2) is 8.42 Å². The van der Waals surface area contributed by atoms with Gasteiger partial charge < -0.3 is 5.32 Å². The van der Waals surface area contributed by atoms with E-state index >= 15 is 0 Å². The molecule has 22 heavy (non-hydrogen) atoms. The molecule has 7 heteroatoms. The molecule has 1 N–H and O–H groups in total. The van der Waals surface area contributed by atoms with Gasteiger partial charge in [0.05, 0.1) is 4.90 Å².